The van der Waals surface area contributed by atoms with E-state index in [2.05, 4.69) is 26.1 Å². The van der Waals surface area contributed by atoms with Crippen molar-refractivity contribution in [2.75, 3.05) is 25.2 Å². The average molecular weight is 837 g/mol. The molecule has 5 aliphatic heterocycles. The Morgan fingerprint density at radius 1 is 1.03 bits per heavy atom. The molecule has 2 amide bonds. The number of cyclic esters (lactones) is 1. The van der Waals surface area contributed by atoms with Crippen LogP contribution in [0.1, 0.15) is 93.6 Å². The zero-order chi connectivity index (χ0) is 42.6. The fraction of sp³-hybridized carbons (Fsp3) is 0.733. The number of nitrogens with zero attached hydrogens (tertiary/aromatic N) is 1. The molecule has 0 radical (unpaired) electrons. The third-order valence-corrected chi connectivity index (χ3v) is 15.4. The fourth-order valence-corrected chi connectivity index (χ4v) is 11.8. The highest BCUT2D eigenvalue weighted by Crippen LogP contribution is 2.79. The number of hydrogen-bond acceptors (Lipinski definition) is 13. The zero-order valence-corrected chi connectivity index (χ0v) is 36.1. The lowest BCUT2D eigenvalue weighted by atomic mass is 9.47. The average Bonchev–Trinajstić information content (AvgIpc) is 4.13. The second-order valence-corrected chi connectivity index (χ2v) is 18.8. The van der Waals surface area contributed by atoms with E-state index in [1.54, 1.807) is 18.2 Å². The van der Waals surface area contributed by atoms with E-state index in [9.17, 15) is 19.2 Å². The van der Waals surface area contributed by atoms with E-state index in [-0.39, 0.29) is 90.7 Å². The second-order valence-electron chi connectivity index (χ2n) is 18.8. The summed E-state index contributed by atoms with van der Waals surface area (Å²) >= 11 is 0. The monoisotopic (exact) mass is 836 g/mol. The van der Waals surface area contributed by atoms with Gasteiger partial charge in [0.15, 0.2) is 6.10 Å². The Kier molecular flexibility index (Phi) is 10.4. The molecule has 328 valence electrons. The zero-order valence-electron chi connectivity index (χ0n) is 36.1. The van der Waals surface area contributed by atoms with Gasteiger partial charge in [0.25, 0.3) is 0 Å². The number of carbonyl (C=O) groups is 4. The minimum Gasteiger partial charge on any atom is -0.459 e. The molecule has 3 unspecified atom stereocenters. The molecule has 60 heavy (non-hydrogen) atoms. The Morgan fingerprint density at radius 3 is 2.53 bits per heavy atom. The molecule has 8 aliphatic rings. The lowest BCUT2D eigenvalue weighted by Gasteiger charge is -2.54. The Balaban J connectivity index is 0.900. The number of epoxide rings is 3. The first-order valence-electron chi connectivity index (χ1n) is 22.0. The number of anilines is 1. The maximum absolute atomic E-state index is 13.8. The second kappa shape index (κ2) is 15.0. The number of rotatable bonds is 13. The summed E-state index contributed by atoms with van der Waals surface area (Å²) in [5, 5.41) is 2.94. The fourth-order valence-electron chi connectivity index (χ4n) is 11.8. The first-order valence-corrected chi connectivity index (χ1v) is 22.0. The van der Waals surface area contributed by atoms with Gasteiger partial charge in [0.05, 0.1) is 30.1 Å². The molecule has 1 aromatic carbocycles. The maximum atomic E-state index is 13.8. The molecule has 15 heteroatoms. The van der Waals surface area contributed by atoms with Gasteiger partial charge in [-0.25, -0.2) is 9.59 Å². The van der Waals surface area contributed by atoms with Crippen LogP contribution in [0.4, 0.5) is 10.5 Å². The number of amides is 2. The number of carbonyl (C=O) groups excluding carboxylic acids is 4. The van der Waals surface area contributed by atoms with Crippen LogP contribution in [0.15, 0.2) is 29.3 Å². The third-order valence-electron chi connectivity index (χ3n) is 15.4. The normalized spacial score (nSPS) is 41.3. The summed E-state index contributed by atoms with van der Waals surface area (Å²) < 4.78 is 56.6. The van der Waals surface area contributed by atoms with Gasteiger partial charge in [0.2, 0.25) is 12.2 Å². The molecule has 2 saturated carbocycles. The van der Waals surface area contributed by atoms with E-state index in [0.29, 0.717) is 49.4 Å². The van der Waals surface area contributed by atoms with Crippen molar-refractivity contribution in [3.8, 4) is 5.75 Å². The summed E-state index contributed by atoms with van der Waals surface area (Å²) in [5.74, 6) is -0.419. The lowest BCUT2D eigenvalue weighted by molar-refractivity contribution is -0.242. The summed E-state index contributed by atoms with van der Waals surface area (Å²) in [5.41, 5.74) is 1.46. The number of nitrogens with one attached hydrogen (secondary N) is 1. The highest BCUT2D eigenvalue weighted by atomic mass is 16.7. The smallest absolute Gasteiger partial charge is 0.411 e. The maximum Gasteiger partial charge on any atom is 0.411 e. The number of benzene rings is 1. The van der Waals surface area contributed by atoms with Crippen molar-refractivity contribution in [2.24, 2.45) is 35.0 Å². The van der Waals surface area contributed by atoms with Gasteiger partial charge in [-0.2, -0.15) is 0 Å². The van der Waals surface area contributed by atoms with Crippen LogP contribution in [0.25, 0.3) is 0 Å². The van der Waals surface area contributed by atoms with Gasteiger partial charge >= 0.3 is 18.0 Å². The van der Waals surface area contributed by atoms with Crippen LogP contribution in [0.2, 0.25) is 0 Å². The van der Waals surface area contributed by atoms with Gasteiger partial charge in [-0.1, -0.05) is 47.6 Å². The van der Waals surface area contributed by atoms with Crippen molar-refractivity contribution in [1.29, 1.82) is 0 Å². The van der Waals surface area contributed by atoms with Crippen molar-refractivity contribution in [3.05, 3.63) is 34.9 Å². The van der Waals surface area contributed by atoms with Gasteiger partial charge in [0.1, 0.15) is 49.1 Å². The van der Waals surface area contributed by atoms with Crippen LogP contribution in [-0.4, -0.2) is 109 Å². The Hall–Kier alpha value is -3.76. The van der Waals surface area contributed by atoms with Crippen molar-refractivity contribution < 1.29 is 61.8 Å². The molecule has 15 atom stereocenters. The quantitative estimate of drug-likeness (QED) is 0.112. The molecule has 5 heterocycles. The molecule has 9 rings (SSSR count). The van der Waals surface area contributed by atoms with E-state index < -0.39 is 41.8 Å². The van der Waals surface area contributed by atoms with Crippen LogP contribution in [0.3, 0.4) is 0 Å². The van der Waals surface area contributed by atoms with E-state index in [1.807, 2.05) is 34.6 Å². The summed E-state index contributed by atoms with van der Waals surface area (Å²) in [6.45, 7) is 18.3. The molecular weight excluding hydrogens is 776 g/mol. The Morgan fingerprint density at radius 2 is 1.82 bits per heavy atom. The topological polar surface area (TPSA) is 177 Å². The van der Waals surface area contributed by atoms with Gasteiger partial charge in [-0.3, -0.25) is 14.5 Å². The highest BCUT2D eigenvalue weighted by Gasteiger charge is 2.93. The van der Waals surface area contributed by atoms with Crippen LogP contribution >= 0.6 is 0 Å². The van der Waals surface area contributed by atoms with Gasteiger partial charge in [-0.05, 0) is 68.2 Å². The van der Waals surface area contributed by atoms with Crippen molar-refractivity contribution in [2.45, 2.75) is 155 Å². The number of hydrogen-bond donors (Lipinski definition) is 1. The Bertz CT molecular complexity index is 1970. The number of fused-ring (bicyclic) bond motifs is 7. The van der Waals surface area contributed by atoms with Gasteiger partial charge < -0.3 is 47.9 Å². The molecule has 1 aromatic rings. The minimum atomic E-state index is -0.906. The van der Waals surface area contributed by atoms with Crippen LogP contribution in [-0.2, 0) is 58.9 Å². The first kappa shape index (κ1) is 41.6. The molecule has 4 saturated heterocycles. The van der Waals surface area contributed by atoms with E-state index in [1.165, 1.54) is 11.8 Å². The van der Waals surface area contributed by atoms with Crippen molar-refractivity contribution >= 4 is 29.6 Å². The van der Waals surface area contributed by atoms with Gasteiger partial charge in [0, 0.05) is 48.6 Å². The lowest BCUT2D eigenvalue weighted by Crippen LogP contribution is -2.66. The number of esters is 2. The number of ether oxygens (including phenoxy) is 9. The van der Waals surface area contributed by atoms with Crippen molar-refractivity contribution in [3.63, 3.8) is 0 Å². The molecule has 15 nitrogen and oxygen atoms in total. The molecule has 1 spiro atoms. The SMILES string of the molecule is CCCC(=O)Nc1cc(COC(=O)N(CC)CO[C@H]2C3[C@H]4O[C@H]4[C@H]4C5=C(CC[C@]4(C)[C@@]34O[C@H]4[C@@H]3O[C@]23C(C)C)C(=O)OC5)ccc1O[C@@H]1OC(C)[C@@H](C)[C@H](C)C1OC(C)=O. The van der Waals surface area contributed by atoms with E-state index in [0.717, 1.165) is 17.6 Å². The summed E-state index contributed by atoms with van der Waals surface area (Å²) in [6, 6.07) is 5.17. The van der Waals surface area contributed by atoms with Crippen molar-refractivity contribution in [1.82, 2.24) is 4.90 Å². The third kappa shape index (κ3) is 6.30. The summed E-state index contributed by atoms with van der Waals surface area (Å²) in [7, 11) is 0. The molecule has 6 fully saturated rings. The Labute approximate surface area is 351 Å². The molecule has 0 aromatic heterocycles. The predicted molar refractivity (Wildman–Crippen MR) is 212 cm³/mol. The predicted octanol–water partition coefficient (Wildman–Crippen LogP) is 5.67. The van der Waals surface area contributed by atoms with E-state index >= 15 is 0 Å². The molecule has 3 aliphatic carbocycles. The summed E-state index contributed by atoms with van der Waals surface area (Å²) in [4.78, 5) is 52.8. The van der Waals surface area contributed by atoms with Crippen LogP contribution < -0.4 is 10.1 Å². The standard InChI is InChI=1S/C45H60N2O13/c1-10-12-31(49)46-29-17-26(13-14-30(29)57-41-34(56-25(8)48)23(6)22(5)24(7)55-41)18-53-42(51)47(11-2)20-54-37-33-36-35(58-36)32-28-19-52-40(50)27(28)15-16-43(32,9)45(33)39(60-45)38-44(37,59-38)21(3)4/h13-14,17,21-24,32-39,41H,10-12,15-16,18-20H2,1-9H3,(H,46,49)/t22-,23-,24?,32+,33?,34?,35-,36+,37-,38-,39-,41-,43-,44+,45+/m0/s1. The molecule has 1 N–H and O–H groups in total. The molecule has 0 bridgehead atoms. The molecular formula is C45H60N2O13. The largest absolute Gasteiger partial charge is 0.459 e. The van der Waals surface area contributed by atoms with Crippen LogP contribution in [0, 0.1) is 35.0 Å². The minimum absolute atomic E-state index is 0.0254. The highest BCUT2D eigenvalue weighted by molar-refractivity contribution is 5.93. The first-order chi connectivity index (χ1) is 28.6. The van der Waals surface area contributed by atoms with Gasteiger partial charge in [-0.15, -0.1) is 0 Å². The summed E-state index contributed by atoms with van der Waals surface area (Å²) in [6.07, 6.45) is -0.749. The van der Waals surface area contributed by atoms with Crippen LogP contribution in [0.5, 0.6) is 5.75 Å². The van der Waals surface area contributed by atoms with E-state index in [4.69, 9.17) is 42.6 Å².